The third-order valence-corrected chi connectivity index (χ3v) is 4.68. The number of pyridine rings is 1. The minimum Gasteiger partial charge on any atom is -0.379 e. The lowest BCUT2D eigenvalue weighted by Crippen LogP contribution is -2.26. The van der Waals surface area contributed by atoms with Gasteiger partial charge in [0.05, 0.1) is 5.69 Å². The Hall–Kier alpha value is -0.470. The van der Waals surface area contributed by atoms with E-state index in [1.54, 1.807) is 0 Å². The second-order valence-electron chi connectivity index (χ2n) is 5.35. The van der Waals surface area contributed by atoms with Gasteiger partial charge in [-0.05, 0) is 49.7 Å². The van der Waals surface area contributed by atoms with E-state index < -0.39 is 0 Å². The van der Waals surface area contributed by atoms with Gasteiger partial charge in [0, 0.05) is 6.04 Å². The molecule has 3 unspecified atom stereocenters. The molecular formula is C13H16Cl2N2. The van der Waals surface area contributed by atoms with Crippen molar-refractivity contribution in [1.29, 1.82) is 0 Å². The monoisotopic (exact) mass is 270 g/mol. The van der Waals surface area contributed by atoms with Gasteiger partial charge in [-0.15, -0.1) is 0 Å². The molecule has 17 heavy (non-hydrogen) atoms. The summed E-state index contributed by atoms with van der Waals surface area (Å²) in [5.41, 5.74) is 2.05. The second-order valence-corrected chi connectivity index (χ2v) is 6.10. The van der Waals surface area contributed by atoms with E-state index in [4.69, 9.17) is 23.2 Å². The van der Waals surface area contributed by atoms with Crippen LogP contribution in [0.5, 0.6) is 0 Å². The predicted octanol–water partition coefficient (Wildman–Crippen LogP) is 4.30. The Morgan fingerprint density at radius 1 is 1.29 bits per heavy atom. The van der Waals surface area contributed by atoms with Crippen LogP contribution in [-0.2, 0) is 0 Å². The molecule has 2 aliphatic rings. The van der Waals surface area contributed by atoms with Crippen molar-refractivity contribution in [1.82, 2.24) is 4.98 Å². The Bertz CT molecular complexity index is 424. The van der Waals surface area contributed by atoms with E-state index in [1.165, 1.54) is 25.7 Å². The molecule has 1 aromatic heterocycles. The fraction of sp³-hybridized carbons (Fsp3) is 0.615. The topological polar surface area (TPSA) is 24.9 Å². The van der Waals surface area contributed by atoms with Crippen LogP contribution in [0.2, 0.25) is 10.3 Å². The van der Waals surface area contributed by atoms with Crippen molar-refractivity contribution < 1.29 is 0 Å². The summed E-state index contributed by atoms with van der Waals surface area (Å²) >= 11 is 12.0. The van der Waals surface area contributed by atoms with Crippen molar-refractivity contribution >= 4 is 28.9 Å². The third-order valence-electron chi connectivity index (χ3n) is 4.21. The summed E-state index contributed by atoms with van der Waals surface area (Å²) in [6.07, 6.45) is 5.44. The Morgan fingerprint density at radius 2 is 2.12 bits per heavy atom. The summed E-state index contributed by atoms with van der Waals surface area (Å²) in [5.74, 6) is 1.75. The van der Waals surface area contributed by atoms with Gasteiger partial charge in [-0.2, -0.15) is 0 Å². The maximum absolute atomic E-state index is 6.16. The van der Waals surface area contributed by atoms with E-state index in [1.807, 2.05) is 13.0 Å². The molecule has 2 aliphatic carbocycles. The van der Waals surface area contributed by atoms with Crippen LogP contribution < -0.4 is 5.32 Å². The number of aromatic nitrogens is 1. The molecular weight excluding hydrogens is 255 g/mol. The molecule has 4 heteroatoms. The number of hydrogen-bond donors (Lipinski definition) is 1. The molecule has 3 rings (SSSR count). The molecule has 2 fully saturated rings. The zero-order valence-corrected chi connectivity index (χ0v) is 11.4. The van der Waals surface area contributed by atoms with Crippen molar-refractivity contribution in [3.8, 4) is 0 Å². The molecule has 0 saturated heterocycles. The van der Waals surface area contributed by atoms with E-state index in [9.17, 15) is 0 Å². The molecule has 1 aromatic rings. The van der Waals surface area contributed by atoms with Gasteiger partial charge >= 0.3 is 0 Å². The number of hydrogen-bond acceptors (Lipinski definition) is 2. The summed E-state index contributed by atoms with van der Waals surface area (Å²) in [4.78, 5) is 4.11. The van der Waals surface area contributed by atoms with Crippen LogP contribution in [0.15, 0.2) is 6.07 Å². The standard InChI is InChI=1S/C13H16Cl2N2/c1-7-4-11(14)17-13(15)12(7)16-10-6-8-2-3-9(10)5-8/h4,8-10,16H,2-3,5-6H2,1H3. The van der Waals surface area contributed by atoms with Crippen LogP contribution in [0, 0.1) is 18.8 Å². The van der Waals surface area contributed by atoms with Gasteiger partial charge in [0.2, 0.25) is 0 Å². The van der Waals surface area contributed by atoms with E-state index in [0.717, 1.165) is 23.1 Å². The number of rotatable bonds is 2. The number of nitrogens with one attached hydrogen (secondary N) is 1. The number of aryl methyl sites for hydroxylation is 1. The zero-order valence-electron chi connectivity index (χ0n) is 9.84. The molecule has 0 radical (unpaired) electrons. The van der Waals surface area contributed by atoms with Gasteiger partial charge < -0.3 is 5.32 Å². The maximum Gasteiger partial charge on any atom is 0.154 e. The van der Waals surface area contributed by atoms with Gasteiger partial charge in [0.25, 0.3) is 0 Å². The molecule has 3 atom stereocenters. The van der Waals surface area contributed by atoms with Gasteiger partial charge in [-0.3, -0.25) is 0 Å². The number of fused-ring (bicyclic) bond motifs is 2. The fourth-order valence-corrected chi connectivity index (χ4v) is 3.96. The molecule has 2 bridgehead atoms. The molecule has 0 spiro atoms. The number of halogens is 2. The highest BCUT2D eigenvalue weighted by atomic mass is 35.5. The predicted molar refractivity (Wildman–Crippen MR) is 71.9 cm³/mol. The normalized spacial score (nSPS) is 30.9. The van der Waals surface area contributed by atoms with Crippen molar-refractivity contribution in [2.75, 3.05) is 5.32 Å². The Balaban J connectivity index is 1.81. The molecule has 2 nitrogen and oxygen atoms in total. The summed E-state index contributed by atoms with van der Waals surface area (Å²) in [5, 5.41) is 4.54. The minimum atomic E-state index is 0.464. The first kappa shape index (κ1) is 11.6. The van der Waals surface area contributed by atoms with Crippen LogP contribution in [0.3, 0.4) is 0 Å². The quantitative estimate of drug-likeness (QED) is 0.811. The average molecular weight is 271 g/mol. The van der Waals surface area contributed by atoms with Gasteiger partial charge in [-0.25, -0.2) is 4.98 Å². The van der Waals surface area contributed by atoms with Gasteiger partial charge in [0.1, 0.15) is 5.15 Å². The van der Waals surface area contributed by atoms with Crippen molar-refractivity contribution in [2.24, 2.45) is 11.8 Å². The lowest BCUT2D eigenvalue weighted by molar-refractivity contribution is 0.439. The van der Waals surface area contributed by atoms with E-state index >= 15 is 0 Å². The Kier molecular flexibility index (Phi) is 2.95. The van der Waals surface area contributed by atoms with Crippen LogP contribution in [0.1, 0.15) is 31.2 Å². The third kappa shape index (κ3) is 2.13. The average Bonchev–Trinajstić information content (AvgIpc) is 2.84. The smallest absolute Gasteiger partial charge is 0.154 e. The highest BCUT2D eigenvalue weighted by Gasteiger charge is 2.39. The van der Waals surface area contributed by atoms with E-state index in [0.29, 0.717) is 16.3 Å². The highest BCUT2D eigenvalue weighted by molar-refractivity contribution is 6.34. The lowest BCUT2D eigenvalue weighted by Gasteiger charge is -2.25. The summed E-state index contributed by atoms with van der Waals surface area (Å²) in [6, 6.07) is 2.44. The molecule has 1 N–H and O–H groups in total. The largest absolute Gasteiger partial charge is 0.379 e. The van der Waals surface area contributed by atoms with E-state index in [2.05, 4.69) is 10.3 Å². The van der Waals surface area contributed by atoms with Crippen molar-refractivity contribution in [2.45, 2.75) is 38.6 Å². The van der Waals surface area contributed by atoms with Crippen molar-refractivity contribution in [3.05, 3.63) is 21.9 Å². The molecule has 92 valence electrons. The summed E-state index contributed by atoms with van der Waals surface area (Å²) in [6.45, 7) is 2.02. The lowest BCUT2D eigenvalue weighted by atomic mass is 9.95. The van der Waals surface area contributed by atoms with Crippen LogP contribution in [0.25, 0.3) is 0 Å². The van der Waals surface area contributed by atoms with Crippen molar-refractivity contribution in [3.63, 3.8) is 0 Å². The highest BCUT2D eigenvalue weighted by Crippen LogP contribution is 2.46. The summed E-state index contributed by atoms with van der Waals surface area (Å²) < 4.78 is 0. The number of anilines is 1. The summed E-state index contributed by atoms with van der Waals surface area (Å²) in [7, 11) is 0. The van der Waals surface area contributed by atoms with E-state index in [-0.39, 0.29) is 0 Å². The Labute approximate surface area is 112 Å². The molecule has 2 saturated carbocycles. The van der Waals surface area contributed by atoms with Crippen LogP contribution in [-0.4, -0.2) is 11.0 Å². The molecule has 0 aliphatic heterocycles. The molecule has 0 aromatic carbocycles. The maximum atomic E-state index is 6.16. The van der Waals surface area contributed by atoms with Gasteiger partial charge in [0.15, 0.2) is 5.15 Å². The van der Waals surface area contributed by atoms with Gasteiger partial charge in [-0.1, -0.05) is 29.6 Å². The number of nitrogens with zero attached hydrogens (tertiary/aromatic N) is 1. The minimum absolute atomic E-state index is 0.464. The molecule has 0 amide bonds. The van der Waals surface area contributed by atoms with Crippen LogP contribution in [0.4, 0.5) is 5.69 Å². The first-order chi connectivity index (χ1) is 8.13. The Morgan fingerprint density at radius 3 is 2.71 bits per heavy atom. The zero-order chi connectivity index (χ0) is 12.0. The fourth-order valence-electron chi connectivity index (χ4n) is 3.38. The van der Waals surface area contributed by atoms with Crippen LogP contribution >= 0.6 is 23.2 Å². The first-order valence-corrected chi connectivity index (χ1v) is 6.98. The second kappa shape index (κ2) is 4.33. The first-order valence-electron chi connectivity index (χ1n) is 6.22. The molecule has 1 heterocycles. The SMILES string of the molecule is Cc1cc(Cl)nc(Cl)c1NC1CC2CCC1C2.